The van der Waals surface area contributed by atoms with Gasteiger partial charge >= 0.3 is 0 Å². The number of anilines is 1. The summed E-state index contributed by atoms with van der Waals surface area (Å²) in [6.45, 7) is 0.546. The Morgan fingerprint density at radius 3 is 2.68 bits per heavy atom. The molecule has 31 heavy (non-hydrogen) atoms. The molecule has 1 saturated heterocycles. The fourth-order valence-corrected chi connectivity index (χ4v) is 5.58. The number of amides is 1. The molecular formula is C24H19BrClN3O2. The molecule has 3 atom stereocenters. The Bertz CT molecular complexity index is 1190. The first-order valence-electron chi connectivity index (χ1n) is 9.96. The number of hydrogen-bond donors (Lipinski definition) is 1. The second-order valence-corrected chi connectivity index (χ2v) is 9.36. The lowest BCUT2D eigenvalue weighted by Crippen LogP contribution is -2.51. The summed E-state index contributed by atoms with van der Waals surface area (Å²) in [5.74, 6) is -1.18. The minimum atomic E-state index is -1.13. The number of fused-ring (bicyclic) bond motifs is 2. The van der Waals surface area contributed by atoms with Crippen LogP contribution in [-0.4, -0.2) is 35.2 Å². The van der Waals surface area contributed by atoms with Gasteiger partial charge in [0.2, 0.25) is 5.91 Å². The number of nitrogens with zero attached hydrogens (tertiary/aromatic N) is 2. The van der Waals surface area contributed by atoms with Crippen molar-refractivity contribution in [1.29, 1.82) is 0 Å². The zero-order valence-electron chi connectivity index (χ0n) is 16.7. The van der Waals surface area contributed by atoms with Crippen LogP contribution in [0.25, 0.3) is 0 Å². The number of rotatable bonds is 3. The van der Waals surface area contributed by atoms with E-state index in [-0.39, 0.29) is 17.6 Å². The van der Waals surface area contributed by atoms with Gasteiger partial charge in [0.1, 0.15) is 11.2 Å². The number of carbonyl (C=O) groups is 2. The lowest BCUT2D eigenvalue weighted by molar-refractivity contribution is -0.126. The molecule has 1 aromatic heterocycles. The molecule has 5 rings (SSSR count). The van der Waals surface area contributed by atoms with Crippen molar-refractivity contribution in [3.05, 3.63) is 93.2 Å². The Morgan fingerprint density at radius 1 is 1.19 bits per heavy atom. The summed E-state index contributed by atoms with van der Waals surface area (Å²) >= 11 is 9.65. The molecule has 156 valence electrons. The third-order valence-corrected chi connectivity index (χ3v) is 7.15. The summed E-state index contributed by atoms with van der Waals surface area (Å²) in [6, 6.07) is 18.5. The molecule has 7 heteroatoms. The van der Waals surface area contributed by atoms with Crippen LogP contribution < -0.4 is 5.32 Å². The maximum atomic E-state index is 13.9. The fraction of sp³-hybridized carbons (Fsp3) is 0.208. The highest BCUT2D eigenvalue weighted by Crippen LogP contribution is 2.55. The zero-order chi connectivity index (χ0) is 21.8. The SMILES string of the molecule is CN1CC(c2ccc(Cl)cc2)C(C(=O)c2ccccn2)C12C(=O)Nc1ccc(Br)cc12. The van der Waals surface area contributed by atoms with Gasteiger partial charge in [0.15, 0.2) is 5.78 Å². The van der Waals surface area contributed by atoms with Crippen molar-refractivity contribution in [2.24, 2.45) is 5.92 Å². The smallest absolute Gasteiger partial charge is 0.250 e. The number of carbonyl (C=O) groups excluding carboxylic acids is 2. The molecule has 2 aliphatic rings. The van der Waals surface area contributed by atoms with E-state index in [0.717, 1.165) is 21.3 Å². The van der Waals surface area contributed by atoms with E-state index < -0.39 is 11.5 Å². The topological polar surface area (TPSA) is 62.3 Å². The number of Topliss-reactive ketones (excluding diaryl/α,β-unsaturated/α-hetero) is 1. The van der Waals surface area contributed by atoms with Crippen molar-refractivity contribution in [1.82, 2.24) is 9.88 Å². The van der Waals surface area contributed by atoms with E-state index in [1.165, 1.54) is 0 Å². The Kier molecular flexibility index (Phi) is 4.96. The van der Waals surface area contributed by atoms with Gasteiger partial charge in [-0.05, 0) is 55.1 Å². The third-order valence-electron chi connectivity index (χ3n) is 6.41. The number of likely N-dealkylation sites (N-methyl/N-ethyl adjacent to an activating group) is 1. The van der Waals surface area contributed by atoms with Gasteiger partial charge in [-0.3, -0.25) is 19.5 Å². The number of halogens is 2. The average Bonchev–Trinajstić information content (AvgIpc) is 3.24. The number of hydrogen-bond acceptors (Lipinski definition) is 4. The third kappa shape index (κ3) is 3.04. The molecule has 0 aliphatic carbocycles. The highest BCUT2D eigenvalue weighted by Gasteiger charge is 2.64. The van der Waals surface area contributed by atoms with E-state index >= 15 is 0 Å². The van der Waals surface area contributed by atoms with E-state index in [0.29, 0.717) is 17.3 Å². The van der Waals surface area contributed by atoms with Gasteiger partial charge in [0.25, 0.3) is 0 Å². The Morgan fingerprint density at radius 2 is 1.97 bits per heavy atom. The quantitative estimate of drug-likeness (QED) is 0.525. The summed E-state index contributed by atoms with van der Waals surface area (Å²) in [5, 5.41) is 3.64. The van der Waals surface area contributed by atoms with E-state index in [1.807, 2.05) is 54.4 Å². The van der Waals surface area contributed by atoms with Crippen molar-refractivity contribution < 1.29 is 9.59 Å². The van der Waals surface area contributed by atoms with E-state index in [9.17, 15) is 9.59 Å². The Labute approximate surface area is 193 Å². The molecular weight excluding hydrogens is 478 g/mol. The molecule has 1 N–H and O–H groups in total. The van der Waals surface area contributed by atoms with Gasteiger partial charge in [0, 0.05) is 39.4 Å². The predicted molar refractivity (Wildman–Crippen MR) is 123 cm³/mol. The standard InChI is InChI=1S/C24H19BrClN3O2/c1-29-13-17(14-5-8-16(26)9-6-14)21(22(30)20-4-2-3-11-27-20)24(29)18-12-15(25)7-10-19(18)28-23(24)31/h2-12,17,21H,13H2,1H3,(H,28,31). The number of nitrogens with one attached hydrogen (secondary N) is 1. The van der Waals surface area contributed by atoms with Crippen LogP contribution in [0.1, 0.15) is 27.5 Å². The molecule has 0 saturated carbocycles. The van der Waals surface area contributed by atoms with Gasteiger partial charge < -0.3 is 5.32 Å². The van der Waals surface area contributed by atoms with Gasteiger partial charge in [0.05, 0.1) is 5.92 Å². The van der Waals surface area contributed by atoms with Crippen LogP contribution in [0.4, 0.5) is 5.69 Å². The van der Waals surface area contributed by atoms with Crippen molar-refractivity contribution >= 4 is 44.9 Å². The average molecular weight is 497 g/mol. The minimum absolute atomic E-state index is 0.145. The van der Waals surface area contributed by atoms with Crippen LogP contribution >= 0.6 is 27.5 Å². The molecule has 1 fully saturated rings. The molecule has 1 spiro atoms. The molecule has 3 aromatic rings. The summed E-state index contributed by atoms with van der Waals surface area (Å²) in [7, 11) is 1.91. The van der Waals surface area contributed by atoms with Crippen molar-refractivity contribution in [3.63, 3.8) is 0 Å². The normalized spacial score (nSPS) is 24.9. The van der Waals surface area contributed by atoms with Gasteiger partial charge in [-0.2, -0.15) is 0 Å². The van der Waals surface area contributed by atoms with Crippen LogP contribution in [0, 0.1) is 5.92 Å². The van der Waals surface area contributed by atoms with Crippen LogP contribution in [-0.2, 0) is 10.3 Å². The van der Waals surface area contributed by atoms with Crippen LogP contribution in [0.3, 0.4) is 0 Å². The molecule has 0 radical (unpaired) electrons. The van der Waals surface area contributed by atoms with Gasteiger partial charge in [-0.15, -0.1) is 0 Å². The summed E-state index contributed by atoms with van der Waals surface area (Å²) in [4.78, 5) is 33.8. The first-order chi connectivity index (χ1) is 14.9. The van der Waals surface area contributed by atoms with Crippen molar-refractivity contribution in [2.75, 3.05) is 18.9 Å². The van der Waals surface area contributed by atoms with Gasteiger partial charge in [-0.25, -0.2) is 0 Å². The lowest BCUT2D eigenvalue weighted by atomic mass is 9.71. The largest absolute Gasteiger partial charge is 0.324 e. The molecule has 2 aliphatic heterocycles. The summed E-state index contributed by atoms with van der Waals surface area (Å²) in [6.07, 6.45) is 1.61. The van der Waals surface area contributed by atoms with Crippen molar-refractivity contribution in [3.8, 4) is 0 Å². The zero-order valence-corrected chi connectivity index (χ0v) is 19.0. The molecule has 1 amide bonds. The summed E-state index contributed by atoms with van der Waals surface area (Å²) in [5.41, 5.74) is 1.74. The lowest BCUT2D eigenvalue weighted by Gasteiger charge is -2.35. The van der Waals surface area contributed by atoms with E-state index in [2.05, 4.69) is 26.2 Å². The molecule has 0 bridgehead atoms. The molecule has 5 nitrogen and oxygen atoms in total. The first kappa shape index (κ1) is 20.4. The molecule has 3 unspecified atom stereocenters. The Balaban J connectivity index is 1.74. The Hall–Kier alpha value is -2.54. The number of ketones is 1. The fourth-order valence-electron chi connectivity index (χ4n) is 5.09. The second-order valence-electron chi connectivity index (χ2n) is 8.01. The minimum Gasteiger partial charge on any atom is -0.324 e. The highest BCUT2D eigenvalue weighted by atomic mass is 79.9. The molecule has 3 heterocycles. The van der Waals surface area contributed by atoms with Crippen LogP contribution in [0.15, 0.2) is 71.3 Å². The number of benzene rings is 2. The van der Waals surface area contributed by atoms with E-state index in [1.54, 1.807) is 24.4 Å². The predicted octanol–water partition coefficient (Wildman–Crippen LogP) is 4.87. The van der Waals surface area contributed by atoms with Crippen LogP contribution in [0.5, 0.6) is 0 Å². The number of pyridine rings is 1. The maximum absolute atomic E-state index is 13.9. The van der Waals surface area contributed by atoms with Crippen molar-refractivity contribution in [2.45, 2.75) is 11.5 Å². The number of aromatic nitrogens is 1. The van der Waals surface area contributed by atoms with Gasteiger partial charge in [-0.1, -0.05) is 45.7 Å². The number of likely N-dealkylation sites (tertiary alicyclic amines) is 1. The highest BCUT2D eigenvalue weighted by molar-refractivity contribution is 9.10. The second kappa shape index (κ2) is 7.55. The first-order valence-corrected chi connectivity index (χ1v) is 11.1. The summed E-state index contributed by atoms with van der Waals surface area (Å²) < 4.78 is 0.856. The van der Waals surface area contributed by atoms with Crippen LogP contribution in [0.2, 0.25) is 5.02 Å². The maximum Gasteiger partial charge on any atom is 0.250 e. The monoisotopic (exact) mass is 495 g/mol. The molecule has 2 aromatic carbocycles. The van der Waals surface area contributed by atoms with E-state index in [4.69, 9.17) is 11.6 Å².